The second kappa shape index (κ2) is 20.9. The first-order chi connectivity index (χ1) is 25.8. The lowest BCUT2D eigenvalue weighted by Crippen LogP contribution is -2.45. The van der Waals surface area contributed by atoms with E-state index in [9.17, 15) is 9.59 Å². The molecule has 5 heterocycles. The number of hydrogen-bond donors (Lipinski definition) is 0. The van der Waals surface area contributed by atoms with Crippen molar-refractivity contribution in [2.24, 2.45) is 0 Å². The maximum Gasteiger partial charge on any atom is 0.249 e. The summed E-state index contributed by atoms with van der Waals surface area (Å²) in [6, 6.07) is 13.3. The van der Waals surface area contributed by atoms with Gasteiger partial charge >= 0.3 is 0 Å². The SMILES string of the molecule is CC.CCN(C)Cc1ccc(Oc2ccncc2C2COCC(=O)N2C)cc1.COCCN1C(=O)COCC1c1cnccc1-c1cncc(OC)c1. The van der Waals surface area contributed by atoms with Crippen molar-refractivity contribution in [2.75, 3.05) is 74.4 Å². The number of likely N-dealkylation sites (N-methyl/N-ethyl adjacent to an activating group) is 1. The number of ether oxygens (including phenoxy) is 5. The van der Waals surface area contributed by atoms with Gasteiger partial charge in [0.25, 0.3) is 0 Å². The number of hydrogen-bond acceptors (Lipinski definition) is 11. The van der Waals surface area contributed by atoms with Gasteiger partial charge in [-0.15, -0.1) is 0 Å². The minimum atomic E-state index is -0.216. The van der Waals surface area contributed by atoms with E-state index in [1.54, 1.807) is 68.2 Å². The van der Waals surface area contributed by atoms with Crippen LogP contribution in [-0.4, -0.2) is 116 Å². The van der Waals surface area contributed by atoms with Crippen molar-refractivity contribution < 1.29 is 33.3 Å². The van der Waals surface area contributed by atoms with Gasteiger partial charge in [0, 0.05) is 74.9 Å². The molecule has 0 bridgehead atoms. The zero-order valence-corrected chi connectivity index (χ0v) is 31.9. The molecular formula is C40H52N6O7. The minimum absolute atomic E-state index is 0.0413. The molecule has 2 aliphatic rings. The van der Waals surface area contributed by atoms with Crippen LogP contribution in [0.15, 0.2) is 79.6 Å². The monoisotopic (exact) mass is 728 g/mol. The van der Waals surface area contributed by atoms with E-state index >= 15 is 0 Å². The molecule has 0 spiro atoms. The van der Waals surface area contributed by atoms with Crippen LogP contribution in [0.3, 0.4) is 0 Å². The number of rotatable bonds is 12. The van der Waals surface area contributed by atoms with E-state index in [1.165, 1.54) is 5.56 Å². The molecule has 2 unspecified atom stereocenters. The highest BCUT2D eigenvalue weighted by molar-refractivity contribution is 5.80. The summed E-state index contributed by atoms with van der Waals surface area (Å²) in [5.74, 6) is 2.03. The van der Waals surface area contributed by atoms with Crippen molar-refractivity contribution in [3.8, 4) is 28.4 Å². The molecule has 0 N–H and O–H groups in total. The fourth-order valence-corrected chi connectivity index (χ4v) is 5.84. The van der Waals surface area contributed by atoms with Crippen LogP contribution in [0.4, 0.5) is 0 Å². The van der Waals surface area contributed by atoms with Crippen molar-refractivity contribution in [1.29, 1.82) is 0 Å². The van der Waals surface area contributed by atoms with Gasteiger partial charge in [0.15, 0.2) is 0 Å². The first-order valence-corrected chi connectivity index (χ1v) is 17.8. The van der Waals surface area contributed by atoms with Crippen molar-refractivity contribution in [2.45, 2.75) is 39.4 Å². The number of benzene rings is 1. The fourth-order valence-electron chi connectivity index (χ4n) is 5.84. The maximum atomic E-state index is 12.3. The lowest BCUT2D eigenvalue weighted by Gasteiger charge is -2.36. The summed E-state index contributed by atoms with van der Waals surface area (Å²) in [7, 11) is 7.11. The van der Waals surface area contributed by atoms with Crippen molar-refractivity contribution in [1.82, 2.24) is 29.7 Å². The average Bonchev–Trinajstić information content (AvgIpc) is 3.20. The fraction of sp³-hybridized carbons (Fsp3) is 0.425. The molecule has 2 saturated heterocycles. The standard InChI is InChI=1S/C20H25N3O3.C18H21N3O4.C2H6/c1-4-22(2)12-15-5-7-16(8-6-15)26-19-9-10-21-11-17(19)18-13-25-14-20(24)23(18)3;1-23-6-5-21-17(11-25-12-18(21)22)16-10-19-4-3-15(16)13-7-14(24-2)9-20-8-13;1-2/h5-11,18H,4,12-14H2,1-3H3;3-4,7-10,17H,5-6,11-12H2,1-2H3;1-2H3. The van der Waals surface area contributed by atoms with Gasteiger partial charge in [0.2, 0.25) is 11.8 Å². The van der Waals surface area contributed by atoms with Gasteiger partial charge in [0.05, 0.1) is 45.2 Å². The van der Waals surface area contributed by atoms with Crippen molar-refractivity contribution >= 4 is 11.8 Å². The summed E-state index contributed by atoms with van der Waals surface area (Å²) in [5, 5.41) is 0. The van der Waals surface area contributed by atoms with Gasteiger partial charge in [-0.2, -0.15) is 0 Å². The molecule has 6 rings (SSSR count). The summed E-state index contributed by atoms with van der Waals surface area (Å²) in [4.78, 5) is 42.7. The number of aromatic nitrogens is 3. The van der Waals surface area contributed by atoms with E-state index < -0.39 is 0 Å². The second-order valence-corrected chi connectivity index (χ2v) is 12.2. The Morgan fingerprint density at radius 1 is 0.830 bits per heavy atom. The number of nitrogens with zero attached hydrogens (tertiary/aromatic N) is 6. The van der Waals surface area contributed by atoms with E-state index in [0.717, 1.165) is 41.1 Å². The summed E-state index contributed by atoms with van der Waals surface area (Å²) in [6.45, 7) is 10.1. The van der Waals surface area contributed by atoms with E-state index in [0.29, 0.717) is 37.9 Å². The van der Waals surface area contributed by atoms with Crippen molar-refractivity contribution in [3.63, 3.8) is 0 Å². The van der Waals surface area contributed by atoms with Crippen LogP contribution in [0.2, 0.25) is 0 Å². The molecule has 2 atom stereocenters. The smallest absolute Gasteiger partial charge is 0.249 e. The quantitative estimate of drug-likeness (QED) is 0.181. The number of carbonyl (C=O) groups is 2. The molecular weight excluding hydrogens is 676 g/mol. The Morgan fingerprint density at radius 2 is 1.51 bits per heavy atom. The molecule has 0 radical (unpaired) electrons. The first kappa shape index (κ1) is 40.8. The second-order valence-electron chi connectivity index (χ2n) is 12.2. The van der Waals surface area contributed by atoms with Gasteiger partial charge in [0.1, 0.15) is 30.5 Å². The number of pyridine rings is 3. The topological polar surface area (TPSA) is 129 Å². The van der Waals surface area contributed by atoms with Crippen LogP contribution in [0.25, 0.3) is 11.1 Å². The van der Waals surface area contributed by atoms with E-state index in [2.05, 4.69) is 46.0 Å². The van der Waals surface area contributed by atoms with Crippen LogP contribution in [-0.2, 0) is 30.3 Å². The first-order valence-electron chi connectivity index (χ1n) is 17.8. The van der Waals surface area contributed by atoms with Gasteiger partial charge < -0.3 is 38.4 Å². The van der Waals surface area contributed by atoms with Crippen LogP contribution in [0, 0.1) is 0 Å². The summed E-state index contributed by atoms with van der Waals surface area (Å²) < 4.78 is 27.4. The Bertz CT molecular complexity index is 1740. The Morgan fingerprint density at radius 3 is 2.21 bits per heavy atom. The highest BCUT2D eigenvalue weighted by atomic mass is 16.5. The third-order valence-corrected chi connectivity index (χ3v) is 8.88. The predicted octanol–water partition coefficient (Wildman–Crippen LogP) is 5.58. The molecule has 53 heavy (non-hydrogen) atoms. The Labute approximate surface area is 312 Å². The van der Waals surface area contributed by atoms with E-state index in [1.807, 2.05) is 44.2 Å². The third-order valence-electron chi connectivity index (χ3n) is 8.88. The minimum Gasteiger partial charge on any atom is -0.495 e. The zero-order chi connectivity index (χ0) is 38.2. The highest BCUT2D eigenvalue weighted by Gasteiger charge is 2.32. The molecule has 13 heteroatoms. The molecule has 4 aromatic rings. The molecule has 0 aliphatic carbocycles. The molecule has 1 aromatic carbocycles. The predicted molar refractivity (Wildman–Crippen MR) is 202 cm³/mol. The van der Waals surface area contributed by atoms with Crippen LogP contribution < -0.4 is 9.47 Å². The zero-order valence-electron chi connectivity index (χ0n) is 31.9. The summed E-state index contributed by atoms with van der Waals surface area (Å²) in [5.41, 5.74) is 4.86. The molecule has 2 amide bonds. The number of amides is 2. The Balaban J connectivity index is 0.000000226. The van der Waals surface area contributed by atoms with E-state index in [4.69, 9.17) is 23.7 Å². The average molecular weight is 729 g/mol. The number of methoxy groups -OCH3 is 2. The van der Waals surface area contributed by atoms with Gasteiger partial charge in [-0.1, -0.05) is 32.9 Å². The third kappa shape index (κ3) is 11.0. The lowest BCUT2D eigenvalue weighted by atomic mass is 9.96. The summed E-state index contributed by atoms with van der Waals surface area (Å²) in [6.07, 6.45) is 10.4. The Kier molecular flexibility index (Phi) is 16.1. The number of carbonyl (C=O) groups excluding carboxylic acids is 2. The molecule has 2 fully saturated rings. The van der Waals surface area contributed by atoms with Crippen LogP contribution in [0.5, 0.6) is 17.2 Å². The summed E-state index contributed by atoms with van der Waals surface area (Å²) >= 11 is 0. The number of morpholine rings is 2. The Hall–Kier alpha value is -4.95. The van der Waals surface area contributed by atoms with Crippen LogP contribution >= 0.6 is 0 Å². The van der Waals surface area contributed by atoms with Gasteiger partial charge in [-0.3, -0.25) is 24.5 Å². The van der Waals surface area contributed by atoms with Gasteiger partial charge in [-0.05, 0) is 55.1 Å². The van der Waals surface area contributed by atoms with E-state index in [-0.39, 0.29) is 37.1 Å². The van der Waals surface area contributed by atoms with Crippen LogP contribution in [0.1, 0.15) is 49.5 Å². The van der Waals surface area contributed by atoms with Gasteiger partial charge in [-0.25, -0.2) is 0 Å². The molecule has 2 aliphatic heterocycles. The molecule has 3 aromatic heterocycles. The lowest BCUT2D eigenvalue weighted by molar-refractivity contribution is -0.149. The maximum absolute atomic E-state index is 12.3. The van der Waals surface area contributed by atoms with Crippen molar-refractivity contribution in [3.05, 3.63) is 96.3 Å². The molecule has 13 nitrogen and oxygen atoms in total. The molecule has 284 valence electrons. The molecule has 0 saturated carbocycles. The largest absolute Gasteiger partial charge is 0.495 e. The highest BCUT2D eigenvalue weighted by Crippen LogP contribution is 2.35. The normalized spacial score (nSPS) is 17.1.